The van der Waals surface area contributed by atoms with Gasteiger partial charge in [0.2, 0.25) is 5.91 Å². The number of amides is 1. The summed E-state index contributed by atoms with van der Waals surface area (Å²) >= 11 is 0. The van der Waals surface area contributed by atoms with Crippen LogP contribution in [0.4, 0.5) is 18.9 Å². The molecule has 0 saturated carbocycles. The molecule has 6 heteroatoms. The predicted molar refractivity (Wildman–Crippen MR) is 71.1 cm³/mol. The van der Waals surface area contributed by atoms with Crippen LogP contribution in [0, 0.1) is 0 Å². The van der Waals surface area contributed by atoms with Crippen molar-refractivity contribution in [3.05, 3.63) is 35.4 Å². The molecule has 2 rings (SSSR count). The maximum atomic E-state index is 13.1. The third-order valence-corrected chi connectivity index (χ3v) is 3.24. The number of nitrogens with two attached hydrogens (primary N) is 1. The Morgan fingerprint density at radius 2 is 1.90 bits per heavy atom. The number of anilines is 1. The number of carbonyl (C=O) groups is 1. The van der Waals surface area contributed by atoms with Crippen LogP contribution in [-0.4, -0.2) is 19.0 Å². The summed E-state index contributed by atoms with van der Waals surface area (Å²) in [6.07, 6.45) is -0.457. The van der Waals surface area contributed by atoms with E-state index in [0.29, 0.717) is 5.69 Å². The van der Waals surface area contributed by atoms with Gasteiger partial charge in [0.15, 0.2) is 0 Å². The van der Waals surface area contributed by atoms with E-state index in [1.807, 2.05) is 4.90 Å². The highest BCUT2D eigenvalue weighted by molar-refractivity contribution is 5.90. The van der Waals surface area contributed by atoms with Gasteiger partial charge in [-0.25, -0.2) is 0 Å². The maximum absolute atomic E-state index is 13.1. The lowest BCUT2D eigenvalue weighted by molar-refractivity contribution is -0.137. The predicted octanol–water partition coefficient (Wildman–Crippen LogP) is 2.80. The Morgan fingerprint density at radius 3 is 2.45 bits per heavy atom. The van der Waals surface area contributed by atoms with Crippen LogP contribution in [0.25, 0.3) is 6.08 Å². The zero-order valence-electron chi connectivity index (χ0n) is 10.8. The van der Waals surface area contributed by atoms with Crippen LogP contribution >= 0.6 is 0 Å². The van der Waals surface area contributed by atoms with Gasteiger partial charge in [0.05, 0.1) is 5.56 Å². The number of hydrogen-bond donors (Lipinski definition) is 1. The molecule has 2 N–H and O–H groups in total. The van der Waals surface area contributed by atoms with Gasteiger partial charge in [-0.15, -0.1) is 0 Å². The maximum Gasteiger partial charge on any atom is 0.417 e. The number of carbonyl (C=O) groups excluding carboxylic acids is 1. The molecule has 0 aliphatic carbocycles. The van der Waals surface area contributed by atoms with Gasteiger partial charge in [-0.1, -0.05) is 6.07 Å². The SMILES string of the molecule is NC(=O)/C=C/c1ccc(N2CCCC2)cc1C(F)(F)F. The first-order valence-electron chi connectivity index (χ1n) is 6.31. The summed E-state index contributed by atoms with van der Waals surface area (Å²) in [5, 5.41) is 0. The van der Waals surface area contributed by atoms with E-state index < -0.39 is 17.6 Å². The first kappa shape index (κ1) is 14.4. The number of halogens is 3. The zero-order valence-corrected chi connectivity index (χ0v) is 10.8. The Labute approximate surface area is 114 Å². The Kier molecular flexibility index (Phi) is 4.01. The van der Waals surface area contributed by atoms with Gasteiger partial charge in [-0.3, -0.25) is 4.79 Å². The molecule has 1 aromatic carbocycles. The van der Waals surface area contributed by atoms with Crippen molar-refractivity contribution in [3.8, 4) is 0 Å². The number of hydrogen-bond acceptors (Lipinski definition) is 2. The lowest BCUT2D eigenvalue weighted by atomic mass is 10.0. The molecule has 1 fully saturated rings. The van der Waals surface area contributed by atoms with Gasteiger partial charge in [0, 0.05) is 24.9 Å². The highest BCUT2D eigenvalue weighted by Gasteiger charge is 2.33. The Morgan fingerprint density at radius 1 is 1.25 bits per heavy atom. The van der Waals surface area contributed by atoms with E-state index in [4.69, 9.17) is 5.73 Å². The fraction of sp³-hybridized carbons (Fsp3) is 0.357. The monoisotopic (exact) mass is 284 g/mol. The minimum Gasteiger partial charge on any atom is -0.372 e. The van der Waals surface area contributed by atoms with Crippen LogP contribution in [0.5, 0.6) is 0 Å². The van der Waals surface area contributed by atoms with Gasteiger partial charge in [-0.2, -0.15) is 13.2 Å². The molecular formula is C14H15F3N2O. The summed E-state index contributed by atoms with van der Waals surface area (Å²) in [5.74, 6) is -0.776. The standard InChI is InChI=1S/C14H15F3N2O/c15-14(16,17)12-9-11(19-7-1-2-8-19)5-3-10(12)4-6-13(18)20/h3-6,9H,1-2,7-8H2,(H2,18,20)/b6-4+. The normalized spacial score (nSPS) is 16.1. The highest BCUT2D eigenvalue weighted by Crippen LogP contribution is 2.35. The van der Waals surface area contributed by atoms with Crippen LogP contribution in [0.2, 0.25) is 0 Å². The molecule has 1 aliphatic heterocycles. The second kappa shape index (κ2) is 5.56. The van der Waals surface area contributed by atoms with Crippen molar-refractivity contribution in [2.24, 2.45) is 5.73 Å². The number of alkyl halides is 3. The minimum atomic E-state index is -4.47. The minimum absolute atomic E-state index is 0.0563. The second-order valence-electron chi connectivity index (χ2n) is 4.70. The van der Waals surface area contributed by atoms with Crippen molar-refractivity contribution >= 4 is 17.7 Å². The topological polar surface area (TPSA) is 46.3 Å². The fourth-order valence-electron chi connectivity index (χ4n) is 2.28. The first-order valence-corrected chi connectivity index (χ1v) is 6.31. The molecule has 1 amide bonds. The number of rotatable bonds is 3. The molecule has 0 aromatic heterocycles. The van der Waals surface area contributed by atoms with Crippen molar-refractivity contribution in [3.63, 3.8) is 0 Å². The molecule has 1 heterocycles. The van der Waals surface area contributed by atoms with Gasteiger partial charge in [-0.05, 0) is 36.6 Å². The average Bonchev–Trinajstić information content (AvgIpc) is 2.88. The third-order valence-electron chi connectivity index (χ3n) is 3.24. The summed E-state index contributed by atoms with van der Waals surface area (Å²) < 4.78 is 39.2. The number of primary amides is 1. The molecule has 1 aromatic rings. The molecular weight excluding hydrogens is 269 g/mol. The molecule has 20 heavy (non-hydrogen) atoms. The lowest BCUT2D eigenvalue weighted by Crippen LogP contribution is -2.19. The summed E-state index contributed by atoms with van der Waals surface area (Å²) in [4.78, 5) is 12.6. The number of nitrogens with zero attached hydrogens (tertiary/aromatic N) is 1. The smallest absolute Gasteiger partial charge is 0.372 e. The summed E-state index contributed by atoms with van der Waals surface area (Å²) in [6.45, 7) is 1.54. The Balaban J connectivity index is 2.39. The van der Waals surface area contributed by atoms with E-state index in [2.05, 4.69) is 0 Å². The van der Waals surface area contributed by atoms with Crippen molar-refractivity contribution in [1.82, 2.24) is 0 Å². The van der Waals surface area contributed by atoms with Gasteiger partial charge >= 0.3 is 6.18 Å². The second-order valence-corrected chi connectivity index (χ2v) is 4.70. The fourth-order valence-corrected chi connectivity index (χ4v) is 2.28. The largest absolute Gasteiger partial charge is 0.417 e. The third kappa shape index (κ3) is 3.31. The summed E-state index contributed by atoms with van der Waals surface area (Å²) in [6, 6.07) is 4.14. The van der Waals surface area contributed by atoms with Crippen LogP contribution in [0.15, 0.2) is 24.3 Å². The quantitative estimate of drug-likeness (QED) is 0.868. The Bertz CT molecular complexity index is 532. The van der Waals surface area contributed by atoms with Crippen molar-refractivity contribution in [2.45, 2.75) is 19.0 Å². The number of benzene rings is 1. The van der Waals surface area contributed by atoms with Crippen LogP contribution in [-0.2, 0) is 11.0 Å². The summed E-state index contributed by atoms with van der Waals surface area (Å²) in [7, 11) is 0. The van der Waals surface area contributed by atoms with Crippen LogP contribution < -0.4 is 10.6 Å². The van der Waals surface area contributed by atoms with E-state index in [1.165, 1.54) is 6.07 Å². The molecule has 0 spiro atoms. The van der Waals surface area contributed by atoms with E-state index in [9.17, 15) is 18.0 Å². The molecule has 3 nitrogen and oxygen atoms in total. The van der Waals surface area contributed by atoms with Crippen LogP contribution in [0.3, 0.4) is 0 Å². The van der Waals surface area contributed by atoms with Crippen molar-refractivity contribution in [1.29, 1.82) is 0 Å². The molecule has 1 saturated heterocycles. The molecule has 1 aliphatic rings. The van der Waals surface area contributed by atoms with Gasteiger partial charge in [0.25, 0.3) is 0 Å². The molecule has 0 radical (unpaired) electrons. The van der Waals surface area contributed by atoms with Crippen molar-refractivity contribution in [2.75, 3.05) is 18.0 Å². The van der Waals surface area contributed by atoms with Gasteiger partial charge < -0.3 is 10.6 Å². The van der Waals surface area contributed by atoms with Gasteiger partial charge in [0.1, 0.15) is 0 Å². The van der Waals surface area contributed by atoms with Crippen molar-refractivity contribution < 1.29 is 18.0 Å². The van der Waals surface area contributed by atoms with E-state index >= 15 is 0 Å². The zero-order chi connectivity index (χ0) is 14.8. The molecule has 0 bridgehead atoms. The van der Waals surface area contributed by atoms with E-state index in [-0.39, 0.29) is 5.56 Å². The van der Waals surface area contributed by atoms with Crippen LogP contribution in [0.1, 0.15) is 24.0 Å². The molecule has 0 atom stereocenters. The summed E-state index contributed by atoms with van der Waals surface area (Å²) in [5.41, 5.74) is 4.67. The van der Waals surface area contributed by atoms with E-state index in [0.717, 1.165) is 44.1 Å². The Hall–Kier alpha value is -1.98. The average molecular weight is 284 g/mol. The van der Waals surface area contributed by atoms with E-state index in [1.54, 1.807) is 6.07 Å². The highest BCUT2D eigenvalue weighted by atomic mass is 19.4. The lowest BCUT2D eigenvalue weighted by Gasteiger charge is -2.20. The molecule has 0 unspecified atom stereocenters. The first-order chi connectivity index (χ1) is 9.38. The molecule has 108 valence electrons.